The van der Waals surface area contributed by atoms with Crippen molar-refractivity contribution in [2.24, 2.45) is 4.99 Å². The molecule has 0 saturated heterocycles. The van der Waals surface area contributed by atoms with Gasteiger partial charge in [0.15, 0.2) is 0 Å². The van der Waals surface area contributed by atoms with Gasteiger partial charge in [0.2, 0.25) is 0 Å². The molecule has 0 spiro atoms. The zero-order chi connectivity index (χ0) is 15.9. The molecule has 21 heavy (non-hydrogen) atoms. The molecule has 5 nitrogen and oxygen atoms in total. The number of rotatable bonds is 8. The SMILES string of the molecule is CC(=O)C(CCCCNC(=O)C1=NCCC1)NC(C)(C)C. The highest BCUT2D eigenvalue weighted by Gasteiger charge is 2.20. The van der Waals surface area contributed by atoms with Gasteiger partial charge in [-0.05, 0) is 59.8 Å². The van der Waals surface area contributed by atoms with Crippen LogP contribution in [0.3, 0.4) is 0 Å². The third kappa shape index (κ3) is 7.37. The van der Waals surface area contributed by atoms with Gasteiger partial charge in [0.25, 0.3) is 5.91 Å². The Morgan fingerprint density at radius 2 is 2.00 bits per heavy atom. The number of unbranched alkanes of at least 4 members (excludes halogenated alkanes) is 1. The van der Waals surface area contributed by atoms with Gasteiger partial charge in [0.05, 0.1) is 11.8 Å². The summed E-state index contributed by atoms with van der Waals surface area (Å²) in [6.45, 7) is 9.24. The molecular weight excluding hydrogens is 266 g/mol. The molecule has 1 atom stereocenters. The van der Waals surface area contributed by atoms with Gasteiger partial charge in [0.1, 0.15) is 5.78 Å². The van der Waals surface area contributed by atoms with Crippen molar-refractivity contribution in [3.8, 4) is 0 Å². The van der Waals surface area contributed by atoms with E-state index in [4.69, 9.17) is 0 Å². The van der Waals surface area contributed by atoms with Crippen molar-refractivity contribution in [3.63, 3.8) is 0 Å². The zero-order valence-corrected chi connectivity index (χ0v) is 13.8. The van der Waals surface area contributed by atoms with Gasteiger partial charge >= 0.3 is 0 Å². The highest BCUT2D eigenvalue weighted by atomic mass is 16.2. The molecule has 0 saturated carbocycles. The fourth-order valence-electron chi connectivity index (χ4n) is 2.40. The standard InChI is InChI=1S/C16H29N3O2/c1-12(20)13(19-16(2,3)4)8-5-6-10-18-15(21)14-9-7-11-17-14/h13,19H,5-11H2,1-4H3,(H,18,21). The first-order valence-corrected chi connectivity index (χ1v) is 7.89. The van der Waals surface area contributed by atoms with Gasteiger partial charge in [0, 0.05) is 18.6 Å². The second kappa shape index (κ2) is 8.27. The fraction of sp³-hybridized carbons (Fsp3) is 0.812. The van der Waals surface area contributed by atoms with Crippen LogP contribution in [0.2, 0.25) is 0 Å². The normalized spacial score (nSPS) is 16.5. The van der Waals surface area contributed by atoms with Crippen molar-refractivity contribution >= 4 is 17.4 Å². The van der Waals surface area contributed by atoms with Gasteiger partial charge in [-0.2, -0.15) is 0 Å². The van der Waals surface area contributed by atoms with Crippen molar-refractivity contribution in [1.29, 1.82) is 0 Å². The molecule has 5 heteroatoms. The van der Waals surface area contributed by atoms with Crippen LogP contribution in [-0.2, 0) is 9.59 Å². The molecule has 0 bridgehead atoms. The number of nitrogens with one attached hydrogen (secondary N) is 2. The molecule has 0 radical (unpaired) electrons. The molecule has 0 aromatic carbocycles. The van der Waals surface area contributed by atoms with Crippen LogP contribution in [-0.4, -0.2) is 42.1 Å². The number of ketones is 1. The zero-order valence-electron chi connectivity index (χ0n) is 13.8. The number of carbonyl (C=O) groups is 2. The molecule has 1 heterocycles. The lowest BCUT2D eigenvalue weighted by Crippen LogP contribution is -2.47. The second-order valence-corrected chi connectivity index (χ2v) is 6.74. The van der Waals surface area contributed by atoms with Crippen molar-refractivity contribution in [3.05, 3.63) is 0 Å². The van der Waals surface area contributed by atoms with Crippen molar-refractivity contribution in [2.75, 3.05) is 13.1 Å². The Bertz CT molecular complexity index is 397. The average molecular weight is 295 g/mol. The molecule has 0 aromatic heterocycles. The Morgan fingerprint density at radius 3 is 2.52 bits per heavy atom. The molecule has 1 amide bonds. The van der Waals surface area contributed by atoms with E-state index in [2.05, 4.69) is 36.4 Å². The number of amides is 1. The summed E-state index contributed by atoms with van der Waals surface area (Å²) in [4.78, 5) is 27.5. The van der Waals surface area contributed by atoms with Crippen LogP contribution in [0.15, 0.2) is 4.99 Å². The van der Waals surface area contributed by atoms with Gasteiger partial charge in [-0.1, -0.05) is 0 Å². The van der Waals surface area contributed by atoms with E-state index in [9.17, 15) is 9.59 Å². The molecule has 1 rings (SSSR count). The van der Waals surface area contributed by atoms with Gasteiger partial charge < -0.3 is 10.6 Å². The molecule has 1 aliphatic heterocycles. The largest absolute Gasteiger partial charge is 0.351 e. The third-order valence-electron chi connectivity index (χ3n) is 3.44. The lowest BCUT2D eigenvalue weighted by molar-refractivity contribution is -0.119. The first-order valence-electron chi connectivity index (χ1n) is 7.89. The maximum Gasteiger partial charge on any atom is 0.265 e. The summed E-state index contributed by atoms with van der Waals surface area (Å²) in [6.07, 6.45) is 4.40. The highest BCUT2D eigenvalue weighted by molar-refractivity contribution is 6.39. The van der Waals surface area contributed by atoms with E-state index in [0.29, 0.717) is 12.3 Å². The number of nitrogens with zero attached hydrogens (tertiary/aromatic N) is 1. The van der Waals surface area contributed by atoms with E-state index < -0.39 is 0 Å². The Hall–Kier alpha value is -1.23. The van der Waals surface area contributed by atoms with Crippen molar-refractivity contribution in [1.82, 2.24) is 10.6 Å². The molecule has 120 valence electrons. The highest BCUT2D eigenvalue weighted by Crippen LogP contribution is 2.08. The predicted molar refractivity (Wildman–Crippen MR) is 85.8 cm³/mol. The summed E-state index contributed by atoms with van der Waals surface area (Å²) in [5.74, 6) is 0.151. The van der Waals surface area contributed by atoms with E-state index in [-0.39, 0.29) is 23.3 Å². The summed E-state index contributed by atoms with van der Waals surface area (Å²) in [7, 11) is 0. The molecule has 2 N–H and O–H groups in total. The fourth-order valence-corrected chi connectivity index (χ4v) is 2.40. The summed E-state index contributed by atoms with van der Waals surface area (Å²) < 4.78 is 0. The average Bonchev–Trinajstić information content (AvgIpc) is 2.89. The molecular formula is C16H29N3O2. The minimum atomic E-state index is -0.0973. The smallest absolute Gasteiger partial charge is 0.265 e. The quantitative estimate of drug-likeness (QED) is 0.671. The summed E-state index contributed by atoms with van der Waals surface area (Å²) in [5.41, 5.74) is 0.622. The van der Waals surface area contributed by atoms with Crippen LogP contribution in [0.1, 0.15) is 59.8 Å². The summed E-state index contributed by atoms with van der Waals surface area (Å²) in [6, 6.07) is -0.0973. The van der Waals surface area contributed by atoms with E-state index >= 15 is 0 Å². The van der Waals surface area contributed by atoms with Crippen LogP contribution in [0.4, 0.5) is 0 Å². The van der Waals surface area contributed by atoms with Gasteiger partial charge in [-0.15, -0.1) is 0 Å². The summed E-state index contributed by atoms with van der Waals surface area (Å²) >= 11 is 0. The Balaban J connectivity index is 2.19. The van der Waals surface area contributed by atoms with Crippen LogP contribution in [0.5, 0.6) is 0 Å². The Morgan fingerprint density at radius 1 is 1.29 bits per heavy atom. The molecule has 0 aromatic rings. The van der Waals surface area contributed by atoms with E-state index in [1.54, 1.807) is 6.92 Å². The van der Waals surface area contributed by atoms with Crippen LogP contribution < -0.4 is 10.6 Å². The minimum absolute atomic E-state index is 0.0246. The molecule has 1 aliphatic rings. The van der Waals surface area contributed by atoms with Crippen LogP contribution in [0.25, 0.3) is 0 Å². The van der Waals surface area contributed by atoms with Crippen LogP contribution in [0, 0.1) is 0 Å². The number of carbonyl (C=O) groups excluding carboxylic acids is 2. The number of Topliss-reactive ketones (excluding diaryl/α,β-unsaturated/α-hetero) is 1. The maximum atomic E-state index is 11.7. The Kier molecular flexibility index (Phi) is 7.02. The lowest BCUT2D eigenvalue weighted by atomic mass is 10.0. The molecule has 0 fully saturated rings. The van der Waals surface area contributed by atoms with E-state index in [1.807, 2.05) is 0 Å². The van der Waals surface area contributed by atoms with Gasteiger partial charge in [-0.25, -0.2) is 0 Å². The Labute approximate surface area is 128 Å². The number of hydrogen-bond donors (Lipinski definition) is 2. The second-order valence-electron chi connectivity index (χ2n) is 6.74. The lowest BCUT2D eigenvalue weighted by Gasteiger charge is -2.27. The third-order valence-corrected chi connectivity index (χ3v) is 3.44. The number of hydrogen-bond acceptors (Lipinski definition) is 4. The first-order chi connectivity index (χ1) is 9.79. The van der Waals surface area contributed by atoms with Crippen molar-refractivity contribution in [2.45, 2.75) is 71.4 Å². The monoisotopic (exact) mass is 295 g/mol. The molecule has 1 unspecified atom stereocenters. The maximum absolute atomic E-state index is 11.7. The van der Waals surface area contributed by atoms with E-state index in [0.717, 1.165) is 38.6 Å². The minimum Gasteiger partial charge on any atom is -0.351 e. The van der Waals surface area contributed by atoms with Gasteiger partial charge in [-0.3, -0.25) is 14.6 Å². The van der Waals surface area contributed by atoms with Crippen LogP contribution >= 0.6 is 0 Å². The topological polar surface area (TPSA) is 70.6 Å². The first kappa shape index (κ1) is 17.8. The summed E-state index contributed by atoms with van der Waals surface area (Å²) in [5, 5.41) is 6.24. The van der Waals surface area contributed by atoms with E-state index in [1.165, 1.54) is 0 Å². The van der Waals surface area contributed by atoms with Crippen molar-refractivity contribution < 1.29 is 9.59 Å². The molecule has 0 aliphatic carbocycles. The number of aliphatic imine (C=N–C) groups is 1. The predicted octanol–water partition coefficient (Wildman–Crippen LogP) is 1.85.